The van der Waals surface area contributed by atoms with Gasteiger partial charge in [0.05, 0.1) is 26.7 Å². The van der Waals surface area contributed by atoms with Gasteiger partial charge in [0.1, 0.15) is 36.6 Å². The van der Waals surface area contributed by atoms with Crippen molar-refractivity contribution in [3.05, 3.63) is 59.4 Å². The Morgan fingerprint density at radius 2 is 1.64 bits per heavy atom. The molecule has 0 unspecified atom stereocenters. The third-order valence-corrected chi connectivity index (χ3v) is 8.93. The van der Waals surface area contributed by atoms with Crippen molar-refractivity contribution in [3.63, 3.8) is 0 Å². The van der Waals surface area contributed by atoms with Gasteiger partial charge in [-0.3, -0.25) is 14.4 Å². The highest BCUT2D eigenvalue weighted by Crippen LogP contribution is 2.36. The number of carbonyl (C=O) groups excluding carboxylic acids is 4. The van der Waals surface area contributed by atoms with E-state index in [4.69, 9.17) is 23.7 Å². The lowest BCUT2D eigenvalue weighted by atomic mass is 9.87. The molecule has 1 aliphatic rings. The summed E-state index contributed by atoms with van der Waals surface area (Å²) in [5.74, 6) is -1.00. The monoisotopic (exact) mass is 771 g/mol. The van der Waals surface area contributed by atoms with Crippen LogP contribution in [0.5, 0.6) is 23.0 Å². The van der Waals surface area contributed by atoms with Gasteiger partial charge in [-0.1, -0.05) is 33.8 Å². The molecule has 0 radical (unpaired) electrons. The standard InChI is InChI=1S/C23H29FO5.C19H29NO6/c1-15(2)21(25)14-29-20-10-16(9-18(24)12-20)7-6-8-17-11-19(26-3)13-22(27-4)23(17)28-5;1-13(2)8-7-10-15(21)26-12-19(3,4)16(22)17(23)20-11-6-5-9-14(20)18(24)25/h9-13,15H,6-8,14H2,1-5H3;7,10,13-14H,5-6,8-9,11-12H2,1-4H3,(H,24,25)/b;10-7-/t;14-/m.0/s1. The molecule has 3 rings (SSSR count). The number of nitrogens with zero attached hydrogens (tertiary/aromatic N) is 1. The molecule has 55 heavy (non-hydrogen) atoms. The summed E-state index contributed by atoms with van der Waals surface area (Å²) in [6.45, 7) is 10.6. The molecule has 1 atom stereocenters. The number of allylic oxidation sites excluding steroid dienone is 1. The predicted octanol–water partition coefficient (Wildman–Crippen LogP) is 6.82. The van der Waals surface area contributed by atoms with Gasteiger partial charge in [-0.05, 0) is 88.5 Å². The van der Waals surface area contributed by atoms with Crippen molar-refractivity contribution >= 4 is 29.4 Å². The van der Waals surface area contributed by atoms with E-state index in [1.54, 1.807) is 39.5 Å². The lowest BCUT2D eigenvalue weighted by Crippen LogP contribution is -2.53. The Morgan fingerprint density at radius 1 is 0.927 bits per heavy atom. The molecule has 13 heteroatoms. The summed E-state index contributed by atoms with van der Waals surface area (Å²) in [5, 5.41) is 9.26. The van der Waals surface area contributed by atoms with E-state index >= 15 is 0 Å². The van der Waals surface area contributed by atoms with Gasteiger partial charge in [0.15, 0.2) is 17.3 Å². The average Bonchev–Trinajstić information content (AvgIpc) is 3.14. The fraction of sp³-hybridized carbons (Fsp3) is 0.548. The van der Waals surface area contributed by atoms with Crippen LogP contribution >= 0.6 is 0 Å². The number of likely N-dealkylation sites (tertiary alicyclic amines) is 1. The first-order chi connectivity index (χ1) is 25.9. The van der Waals surface area contributed by atoms with E-state index in [2.05, 4.69) is 0 Å². The molecular formula is C42H58FNO11. The summed E-state index contributed by atoms with van der Waals surface area (Å²) >= 11 is 0. The zero-order valence-electron chi connectivity index (χ0n) is 33.7. The second-order valence-electron chi connectivity index (χ2n) is 14.8. The molecular weight excluding hydrogens is 713 g/mol. The van der Waals surface area contributed by atoms with E-state index in [1.165, 1.54) is 32.1 Å². The van der Waals surface area contributed by atoms with Crippen LogP contribution in [0.25, 0.3) is 0 Å². The van der Waals surface area contributed by atoms with E-state index in [0.717, 1.165) is 28.9 Å². The Hall–Kier alpha value is -4.94. The lowest BCUT2D eigenvalue weighted by Gasteiger charge is -2.34. The maximum atomic E-state index is 14.0. The molecule has 0 spiro atoms. The van der Waals surface area contributed by atoms with Crippen molar-refractivity contribution in [2.75, 3.05) is 41.1 Å². The summed E-state index contributed by atoms with van der Waals surface area (Å²) in [7, 11) is 4.78. The number of carboxylic acid groups (broad SMARTS) is 1. The molecule has 12 nitrogen and oxygen atoms in total. The second kappa shape index (κ2) is 22.4. The molecule has 1 heterocycles. The molecule has 0 bridgehead atoms. The first-order valence-electron chi connectivity index (χ1n) is 18.6. The van der Waals surface area contributed by atoms with Crippen LogP contribution in [0.4, 0.5) is 4.39 Å². The third kappa shape index (κ3) is 15.0. The molecule has 0 aliphatic carbocycles. The summed E-state index contributed by atoms with van der Waals surface area (Å²) < 4.78 is 40.7. The predicted molar refractivity (Wildman–Crippen MR) is 205 cm³/mol. The minimum Gasteiger partial charge on any atom is -0.497 e. The van der Waals surface area contributed by atoms with Crippen molar-refractivity contribution in [1.82, 2.24) is 4.90 Å². The Labute approximate surface area is 324 Å². The van der Waals surface area contributed by atoms with Crippen molar-refractivity contribution in [1.29, 1.82) is 0 Å². The molecule has 0 aromatic heterocycles. The number of carbonyl (C=O) groups is 5. The fourth-order valence-electron chi connectivity index (χ4n) is 5.62. The zero-order valence-corrected chi connectivity index (χ0v) is 33.7. The van der Waals surface area contributed by atoms with E-state index in [9.17, 15) is 33.5 Å². The van der Waals surface area contributed by atoms with Gasteiger partial charge >= 0.3 is 11.9 Å². The Morgan fingerprint density at radius 3 is 2.24 bits per heavy atom. The molecule has 1 N–H and O–H groups in total. The Balaban J connectivity index is 0.000000383. The normalized spacial score (nSPS) is 14.3. The fourth-order valence-corrected chi connectivity index (χ4v) is 5.62. The maximum Gasteiger partial charge on any atom is 0.330 e. The van der Waals surface area contributed by atoms with Crippen LogP contribution in [0.15, 0.2) is 42.5 Å². The number of hydrogen-bond acceptors (Lipinski definition) is 10. The highest BCUT2D eigenvalue weighted by Gasteiger charge is 2.41. The Kier molecular flexibility index (Phi) is 18.9. The number of benzene rings is 2. The van der Waals surface area contributed by atoms with Crippen LogP contribution in [0, 0.1) is 23.1 Å². The van der Waals surface area contributed by atoms with Gasteiger partial charge in [-0.2, -0.15) is 0 Å². The first kappa shape index (κ1) is 46.2. The topological polar surface area (TPSA) is 155 Å². The van der Waals surface area contributed by atoms with E-state index < -0.39 is 35.1 Å². The van der Waals surface area contributed by atoms with Crippen molar-refractivity contribution in [2.45, 2.75) is 92.5 Å². The molecule has 0 saturated carbocycles. The number of carboxylic acids is 1. The van der Waals surface area contributed by atoms with Gasteiger partial charge < -0.3 is 33.7 Å². The van der Waals surface area contributed by atoms with Crippen LogP contribution in [0.2, 0.25) is 0 Å². The number of esters is 1. The van der Waals surface area contributed by atoms with Crippen LogP contribution in [-0.4, -0.2) is 86.5 Å². The third-order valence-electron chi connectivity index (χ3n) is 8.93. The molecule has 1 amide bonds. The number of ketones is 2. The molecule has 304 valence electrons. The number of rotatable bonds is 19. The van der Waals surface area contributed by atoms with Gasteiger partial charge in [0, 0.05) is 36.2 Å². The van der Waals surface area contributed by atoms with Crippen LogP contribution < -0.4 is 18.9 Å². The van der Waals surface area contributed by atoms with Crippen LogP contribution in [-0.2, 0) is 41.6 Å². The minimum atomic E-state index is -1.22. The van der Waals surface area contributed by atoms with Gasteiger partial charge in [0.2, 0.25) is 5.78 Å². The highest BCUT2D eigenvalue weighted by atomic mass is 19.1. The first-order valence-corrected chi connectivity index (χ1v) is 18.6. The number of piperidine rings is 1. The number of ether oxygens (including phenoxy) is 5. The summed E-state index contributed by atoms with van der Waals surface area (Å²) in [4.78, 5) is 61.0. The number of aryl methyl sites for hydroxylation is 2. The number of halogens is 1. The van der Waals surface area contributed by atoms with Gasteiger partial charge in [-0.25, -0.2) is 14.0 Å². The minimum absolute atomic E-state index is 0.0186. The second-order valence-corrected chi connectivity index (χ2v) is 14.8. The van der Waals surface area contributed by atoms with E-state index in [1.807, 2.05) is 33.8 Å². The van der Waals surface area contributed by atoms with E-state index in [-0.39, 0.29) is 37.3 Å². The Bertz CT molecular complexity index is 1650. The molecule has 1 saturated heterocycles. The number of methoxy groups -OCH3 is 3. The molecule has 2 aromatic rings. The maximum absolute atomic E-state index is 14.0. The SMILES string of the molecule is CC(C)C/C=C\C(=O)OCC(C)(C)C(=O)C(=O)N1CCCC[C@H]1C(=O)O.COc1cc(CCCc2cc(F)cc(OCC(=O)C(C)C)c2)c(OC)c(OC)c1. The number of aliphatic carboxylic acids is 1. The molecule has 1 fully saturated rings. The molecule has 2 aromatic carbocycles. The van der Waals surface area contributed by atoms with Crippen molar-refractivity contribution in [2.24, 2.45) is 17.3 Å². The van der Waals surface area contributed by atoms with Crippen LogP contribution in [0.3, 0.4) is 0 Å². The lowest BCUT2D eigenvalue weighted by molar-refractivity contribution is -0.159. The van der Waals surface area contributed by atoms with Crippen molar-refractivity contribution < 1.29 is 57.2 Å². The summed E-state index contributed by atoms with van der Waals surface area (Å²) in [6.07, 6.45) is 7.58. The van der Waals surface area contributed by atoms with Crippen LogP contribution in [0.1, 0.15) is 84.8 Å². The number of hydrogen-bond donors (Lipinski definition) is 1. The van der Waals surface area contributed by atoms with Gasteiger partial charge in [-0.15, -0.1) is 0 Å². The average molecular weight is 772 g/mol. The number of amides is 1. The largest absolute Gasteiger partial charge is 0.497 e. The molecule has 1 aliphatic heterocycles. The smallest absolute Gasteiger partial charge is 0.330 e. The summed E-state index contributed by atoms with van der Waals surface area (Å²) in [5.41, 5.74) is 0.545. The summed E-state index contributed by atoms with van der Waals surface area (Å²) in [6, 6.07) is 7.28. The number of Topliss-reactive ketones (excluding diaryl/α,β-unsaturated/α-hetero) is 2. The van der Waals surface area contributed by atoms with E-state index in [0.29, 0.717) is 61.0 Å². The quantitative estimate of drug-likeness (QED) is 0.0909. The van der Waals surface area contributed by atoms with Gasteiger partial charge in [0.25, 0.3) is 5.91 Å². The van der Waals surface area contributed by atoms with Crippen molar-refractivity contribution in [3.8, 4) is 23.0 Å². The highest BCUT2D eigenvalue weighted by molar-refractivity contribution is 6.38. The zero-order chi connectivity index (χ0) is 41.3.